The van der Waals surface area contributed by atoms with Crippen molar-refractivity contribution in [3.63, 3.8) is 0 Å². The van der Waals surface area contributed by atoms with Crippen LogP contribution in [0.1, 0.15) is 11.5 Å². The van der Waals surface area contributed by atoms with E-state index in [1.165, 1.54) is 6.20 Å². The summed E-state index contributed by atoms with van der Waals surface area (Å²) in [7, 11) is 1.90. The zero-order chi connectivity index (χ0) is 14.7. The maximum absolute atomic E-state index is 9.05. The highest BCUT2D eigenvalue weighted by molar-refractivity contribution is 5.74. The van der Waals surface area contributed by atoms with E-state index in [9.17, 15) is 0 Å². The van der Waals surface area contributed by atoms with E-state index in [1.54, 1.807) is 6.20 Å². The van der Waals surface area contributed by atoms with Crippen LogP contribution in [0, 0.1) is 11.3 Å². The normalized spacial score (nSPS) is 10.5. The number of hydrogen-bond acceptors (Lipinski definition) is 5. The third kappa shape index (κ3) is 2.67. The van der Waals surface area contributed by atoms with Crippen LogP contribution in [0.5, 0.6) is 0 Å². The Kier molecular flexibility index (Phi) is 3.48. The molecule has 0 aliphatic carbocycles. The van der Waals surface area contributed by atoms with Gasteiger partial charge in [0.2, 0.25) is 0 Å². The molecule has 21 heavy (non-hydrogen) atoms. The van der Waals surface area contributed by atoms with Gasteiger partial charge in [0.1, 0.15) is 11.9 Å². The number of anilines is 1. The first kappa shape index (κ1) is 13.1. The van der Waals surface area contributed by atoms with E-state index in [4.69, 9.17) is 5.26 Å². The zero-order valence-corrected chi connectivity index (χ0v) is 11.6. The predicted molar refractivity (Wildman–Crippen MR) is 79.8 cm³/mol. The minimum atomic E-state index is 0.338. The van der Waals surface area contributed by atoms with Crippen molar-refractivity contribution in [1.29, 1.82) is 5.26 Å². The molecule has 0 radical (unpaired) electrons. The molecule has 0 spiro atoms. The lowest BCUT2D eigenvalue weighted by Gasteiger charge is -2.17. The molecule has 0 bridgehead atoms. The minimum Gasteiger partial charge on any atom is -0.357 e. The van der Waals surface area contributed by atoms with E-state index in [-0.39, 0.29) is 0 Å². The number of imidazole rings is 1. The molecule has 0 amide bonds. The second-order valence-corrected chi connectivity index (χ2v) is 4.71. The Morgan fingerprint density at radius 2 is 2.05 bits per heavy atom. The summed E-state index contributed by atoms with van der Waals surface area (Å²) in [6.07, 6.45) is 3.86. The first-order chi connectivity index (χ1) is 10.3. The van der Waals surface area contributed by atoms with Gasteiger partial charge in [-0.25, -0.2) is 15.0 Å². The van der Waals surface area contributed by atoms with Crippen LogP contribution in [0.25, 0.3) is 11.0 Å². The van der Waals surface area contributed by atoms with Crippen LogP contribution in [0.15, 0.2) is 36.7 Å². The minimum absolute atomic E-state index is 0.338. The van der Waals surface area contributed by atoms with Crippen molar-refractivity contribution in [3.05, 3.63) is 48.2 Å². The van der Waals surface area contributed by atoms with Gasteiger partial charge >= 0.3 is 0 Å². The number of rotatable bonds is 4. The standard InChI is InChI=1S/C15H14N6/c1-21(15-13(10-16)17-7-8-18-15)9-6-14-19-11-4-2-3-5-12(11)20-14/h2-5,7-8H,6,9H2,1H3,(H,19,20). The molecule has 0 aliphatic heterocycles. The quantitative estimate of drug-likeness (QED) is 0.788. The number of benzene rings is 1. The fourth-order valence-corrected chi connectivity index (χ4v) is 2.19. The van der Waals surface area contributed by atoms with Crippen LogP contribution in [0.4, 0.5) is 5.82 Å². The van der Waals surface area contributed by atoms with Gasteiger partial charge in [0.05, 0.1) is 11.0 Å². The number of nitrogens with one attached hydrogen (secondary N) is 1. The number of nitrogens with zero attached hydrogens (tertiary/aromatic N) is 5. The summed E-state index contributed by atoms with van der Waals surface area (Å²) in [5, 5.41) is 9.05. The van der Waals surface area contributed by atoms with Crippen LogP contribution >= 0.6 is 0 Å². The summed E-state index contributed by atoms with van der Waals surface area (Å²) in [6.45, 7) is 0.702. The third-order valence-corrected chi connectivity index (χ3v) is 3.27. The average Bonchev–Trinajstić information content (AvgIpc) is 2.95. The Morgan fingerprint density at radius 1 is 1.24 bits per heavy atom. The van der Waals surface area contributed by atoms with Gasteiger partial charge in [-0.3, -0.25) is 0 Å². The van der Waals surface area contributed by atoms with Gasteiger partial charge in [-0.1, -0.05) is 12.1 Å². The maximum atomic E-state index is 9.05. The van der Waals surface area contributed by atoms with Crippen molar-refractivity contribution in [3.8, 4) is 6.07 Å². The Labute approximate surface area is 122 Å². The fourth-order valence-electron chi connectivity index (χ4n) is 2.19. The summed E-state index contributed by atoms with van der Waals surface area (Å²) < 4.78 is 0. The van der Waals surface area contributed by atoms with E-state index in [0.29, 0.717) is 18.1 Å². The van der Waals surface area contributed by atoms with E-state index in [2.05, 4.69) is 26.0 Å². The number of likely N-dealkylation sites (N-methyl/N-ethyl adjacent to an activating group) is 1. The molecule has 0 atom stereocenters. The molecule has 0 saturated carbocycles. The fraction of sp³-hybridized carbons (Fsp3) is 0.200. The molecule has 3 aromatic rings. The molecule has 0 aliphatic rings. The predicted octanol–water partition coefficient (Wildman–Crippen LogP) is 1.90. The highest BCUT2D eigenvalue weighted by Crippen LogP contribution is 2.14. The van der Waals surface area contributed by atoms with Gasteiger partial charge in [0.15, 0.2) is 11.5 Å². The Bertz CT molecular complexity index is 768. The van der Waals surface area contributed by atoms with Crippen LogP contribution < -0.4 is 4.90 Å². The van der Waals surface area contributed by atoms with Gasteiger partial charge in [0, 0.05) is 32.4 Å². The number of nitriles is 1. The Morgan fingerprint density at radius 3 is 2.86 bits per heavy atom. The van der Waals surface area contributed by atoms with E-state index in [1.807, 2.05) is 36.2 Å². The van der Waals surface area contributed by atoms with Crippen LogP contribution in [0.3, 0.4) is 0 Å². The number of para-hydroxylation sites is 2. The van der Waals surface area contributed by atoms with Gasteiger partial charge in [-0.15, -0.1) is 0 Å². The molecule has 1 N–H and O–H groups in total. The summed E-state index contributed by atoms with van der Waals surface area (Å²) >= 11 is 0. The number of aromatic amines is 1. The summed E-state index contributed by atoms with van der Waals surface area (Å²) in [4.78, 5) is 18.0. The molecule has 0 fully saturated rings. The van der Waals surface area contributed by atoms with Crippen molar-refractivity contribution in [2.45, 2.75) is 6.42 Å². The first-order valence-corrected chi connectivity index (χ1v) is 6.64. The van der Waals surface area contributed by atoms with Crippen molar-refractivity contribution in [2.24, 2.45) is 0 Å². The maximum Gasteiger partial charge on any atom is 0.183 e. The first-order valence-electron chi connectivity index (χ1n) is 6.64. The monoisotopic (exact) mass is 278 g/mol. The Balaban J connectivity index is 1.73. The molecule has 0 unspecified atom stereocenters. The molecule has 2 aromatic heterocycles. The van der Waals surface area contributed by atoms with Crippen LogP contribution in [-0.4, -0.2) is 33.5 Å². The lowest BCUT2D eigenvalue weighted by atomic mass is 10.3. The number of H-pyrrole nitrogens is 1. The lowest BCUT2D eigenvalue weighted by Crippen LogP contribution is -2.23. The molecule has 2 heterocycles. The van der Waals surface area contributed by atoms with Crippen molar-refractivity contribution in [1.82, 2.24) is 19.9 Å². The molecule has 3 rings (SSSR count). The van der Waals surface area contributed by atoms with Gasteiger partial charge < -0.3 is 9.88 Å². The molecular weight excluding hydrogens is 264 g/mol. The summed E-state index contributed by atoms with van der Waals surface area (Å²) in [5.74, 6) is 1.52. The van der Waals surface area contributed by atoms with Crippen molar-refractivity contribution >= 4 is 16.9 Å². The molecule has 6 nitrogen and oxygen atoms in total. The summed E-state index contributed by atoms with van der Waals surface area (Å²) in [5.41, 5.74) is 2.34. The second-order valence-electron chi connectivity index (χ2n) is 4.71. The van der Waals surface area contributed by atoms with Crippen molar-refractivity contribution < 1.29 is 0 Å². The van der Waals surface area contributed by atoms with E-state index < -0.39 is 0 Å². The van der Waals surface area contributed by atoms with Gasteiger partial charge in [-0.05, 0) is 12.1 Å². The van der Waals surface area contributed by atoms with Crippen LogP contribution in [0.2, 0.25) is 0 Å². The largest absolute Gasteiger partial charge is 0.357 e. The van der Waals surface area contributed by atoms with Crippen molar-refractivity contribution in [2.75, 3.05) is 18.5 Å². The SMILES string of the molecule is CN(CCc1nc2ccccc2[nH]1)c1nccnc1C#N. The molecule has 6 heteroatoms. The summed E-state index contributed by atoms with van der Waals surface area (Å²) in [6, 6.07) is 10.00. The molecular formula is C15H14N6. The molecule has 104 valence electrons. The Hall–Kier alpha value is -2.94. The smallest absolute Gasteiger partial charge is 0.183 e. The second kappa shape index (κ2) is 5.59. The van der Waals surface area contributed by atoms with E-state index in [0.717, 1.165) is 23.3 Å². The number of fused-ring (bicyclic) bond motifs is 1. The molecule has 0 saturated heterocycles. The topological polar surface area (TPSA) is 81.5 Å². The highest BCUT2D eigenvalue weighted by atomic mass is 15.2. The number of hydrogen-bond donors (Lipinski definition) is 1. The van der Waals surface area contributed by atoms with E-state index >= 15 is 0 Å². The van der Waals surface area contributed by atoms with Gasteiger partial charge in [0.25, 0.3) is 0 Å². The third-order valence-electron chi connectivity index (χ3n) is 3.27. The highest BCUT2D eigenvalue weighted by Gasteiger charge is 2.10. The lowest BCUT2D eigenvalue weighted by molar-refractivity contribution is 0.820. The number of aromatic nitrogens is 4. The zero-order valence-electron chi connectivity index (χ0n) is 11.6. The van der Waals surface area contributed by atoms with Crippen LogP contribution in [-0.2, 0) is 6.42 Å². The van der Waals surface area contributed by atoms with Gasteiger partial charge in [-0.2, -0.15) is 5.26 Å². The molecule has 1 aromatic carbocycles. The average molecular weight is 278 g/mol.